The molecule has 1 aliphatic rings. The van der Waals surface area contributed by atoms with Crippen molar-refractivity contribution in [2.24, 2.45) is 0 Å². The molecule has 0 aromatic carbocycles. The Balaban J connectivity index is 1.75. The second kappa shape index (κ2) is 4.29. The van der Waals surface area contributed by atoms with Gasteiger partial charge in [-0.3, -0.25) is 5.10 Å². The summed E-state index contributed by atoms with van der Waals surface area (Å²) in [5.74, 6) is 2.18. The molecule has 0 saturated heterocycles. The minimum Gasteiger partial charge on any atom is -0.376 e. The van der Waals surface area contributed by atoms with Crippen LogP contribution in [-0.2, 0) is 17.8 Å². The summed E-state index contributed by atoms with van der Waals surface area (Å²) in [5, 5.41) is 13.2. The van der Waals surface area contributed by atoms with Crippen LogP contribution >= 0.6 is 11.3 Å². The quantitative estimate of drug-likeness (QED) is 0.775. The Kier molecular flexibility index (Phi) is 2.46. The Labute approximate surface area is 112 Å². The molecule has 6 nitrogen and oxygen atoms in total. The first-order valence-corrected chi connectivity index (χ1v) is 6.81. The number of nitrogens with one attached hydrogen (secondary N) is 1. The molecular formula is C12H10N4O2S. The third kappa shape index (κ3) is 1.78. The molecule has 0 amide bonds. The number of nitrogens with zero attached hydrogens (tertiary/aromatic N) is 3. The lowest BCUT2D eigenvalue weighted by atomic mass is 10.1. The van der Waals surface area contributed by atoms with E-state index in [1.165, 1.54) is 0 Å². The Morgan fingerprint density at radius 1 is 1.37 bits per heavy atom. The summed E-state index contributed by atoms with van der Waals surface area (Å²) in [6, 6.07) is 3.98. The van der Waals surface area contributed by atoms with Gasteiger partial charge in [-0.1, -0.05) is 11.2 Å². The molecule has 0 bridgehead atoms. The molecule has 0 radical (unpaired) electrons. The van der Waals surface area contributed by atoms with Crippen molar-refractivity contribution in [2.45, 2.75) is 13.0 Å². The fraction of sp³-hybridized carbons (Fsp3) is 0.250. The molecule has 4 rings (SSSR count). The molecule has 96 valence electrons. The van der Waals surface area contributed by atoms with E-state index >= 15 is 0 Å². The van der Waals surface area contributed by atoms with Crippen LogP contribution in [0.1, 0.15) is 11.3 Å². The lowest BCUT2D eigenvalue weighted by Crippen LogP contribution is -2.08. The maximum absolute atomic E-state index is 5.43. The lowest BCUT2D eigenvalue weighted by Gasteiger charge is -2.09. The number of hydrogen-bond donors (Lipinski definition) is 1. The monoisotopic (exact) mass is 274 g/mol. The molecule has 7 heteroatoms. The first kappa shape index (κ1) is 10.9. The molecular weight excluding hydrogens is 264 g/mol. The fourth-order valence-corrected chi connectivity index (χ4v) is 2.76. The molecule has 0 saturated carbocycles. The molecule has 3 aromatic rings. The van der Waals surface area contributed by atoms with Crippen LogP contribution in [0.3, 0.4) is 0 Å². The molecule has 0 unspecified atom stereocenters. The number of thiophene rings is 1. The minimum absolute atomic E-state index is 0.511. The van der Waals surface area contributed by atoms with Gasteiger partial charge in [0, 0.05) is 6.42 Å². The van der Waals surface area contributed by atoms with Crippen LogP contribution in [-0.4, -0.2) is 26.9 Å². The molecule has 19 heavy (non-hydrogen) atoms. The van der Waals surface area contributed by atoms with Crippen molar-refractivity contribution in [3.63, 3.8) is 0 Å². The molecule has 0 atom stereocenters. The standard InChI is InChI=1S/C12H10N4O2S/c1-2-9(19-5-1)11-13-12(15-14-11)10-7-6-17-4-3-8(7)18-16-10/h1-2,5H,3-4,6H2,(H,13,14,15). The van der Waals surface area contributed by atoms with E-state index in [0.717, 1.165) is 28.4 Å². The van der Waals surface area contributed by atoms with E-state index in [4.69, 9.17) is 9.26 Å². The van der Waals surface area contributed by atoms with Gasteiger partial charge >= 0.3 is 0 Å². The topological polar surface area (TPSA) is 76.8 Å². The van der Waals surface area contributed by atoms with Crippen molar-refractivity contribution in [1.29, 1.82) is 0 Å². The first-order chi connectivity index (χ1) is 9.42. The lowest BCUT2D eigenvalue weighted by molar-refractivity contribution is 0.103. The first-order valence-electron chi connectivity index (χ1n) is 5.93. The number of hydrogen-bond acceptors (Lipinski definition) is 6. The van der Waals surface area contributed by atoms with Crippen LogP contribution in [0.4, 0.5) is 0 Å². The zero-order valence-corrected chi connectivity index (χ0v) is 10.7. The summed E-state index contributed by atoms with van der Waals surface area (Å²) in [6.45, 7) is 1.19. The van der Waals surface area contributed by atoms with Gasteiger partial charge in [0.1, 0.15) is 5.76 Å². The number of H-pyrrole nitrogens is 1. The second-order valence-electron chi connectivity index (χ2n) is 4.22. The molecule has 1 aliphatic heterocycles. The zero-order chi connectivity index (χ0) is 12.7. The Morgan fingerprint density at radius 3 is 3.26 bits per heavy atom. The smallest absolute Gasteiger partial charge is 0.204 e. The van der Waals surface area contributed by atoms with E-state index in [-0.39, 0.29) is 0 Å². The Morgan fingerprint density at radius 2 is 2.37 bits per heavy atom. The van der Waals surface area contributed by atoms with Crippen LogP contribution in [0, 0.1) is 0 Å². The molecule has 4 heterocycles. The van der Waals surface area contributed by atoms with Crippen LogP contribution in [0.15, 0.2) is 22.0 Å². The summed E-state index contributed by atoms with van der Waals surface area (Å²) in [7, 11) is 0. The van der Waals surface area contributed by atoms with Crippen molar-refractivity contribution in [3.05, 3.63) is 28.8 Å². The van der Waals surface area contributed by atoms with Crippen molar-refractivity contribution in [1.82, 2.24) is 20.3 Å². The van der Waals surface area contributed by atoms with Crippen molar-refractivity contribution in [3.8, 4) is 22.2 Å². The average Bonchev–Trinajstić information content (AvgIpc) is 3.18. The molecule has 0 spiro atoms. The van der Waals surface area contributed by atoms with Crippen LogP contribution in [0.5, 0.6) is 0 Å². The van der Waals surface area contributed by atoms with Gasteiger partial charge in [0.2, 0.25) is 5.82 Å². The molecule has 0 fully saturated rings. The third-order valence-corrected chi connectivity index (χ3v) is 3.92. The summed E-state index contributed by atoms with van der Waals surface area (Å²) >= 11 is 1.61. The van der Waals surface area contributed by atoms with E-state index in [1.54, 1.807) is 11.3 Å². The van der Waals surface area contributed by atoms with Gasteiger partial charge in [-0.15, -0.1) is 11.3 Å². The van der Waals surface area contributed by atoms with Crippen LogP contribution < -0.4 is 0 Å². The fourth-order valence-electron chi connectivity index (χ4n) is 2.09. The van der Waals surface area contributed by atoms with Gasteiger partial charge < -0.3 is 9.26 Å². The van der Waals surface area contributed by atoms with Gasteiger partial charge in [-0.2, -0.15) is 5.10 Å². The number of fused-ring (bicyclic) bond motifs is 1. The minimum atomic E-state index is 0.511. The highest BCUT2D eigenvalue weighted by Gasteiger charge is 2.23. The number of aromatic nitrogens is 4. The van der Waals surface area contributed by atoms with E-state index in [2.05, 4.69) is 20.3 Å². The summed E-state index contributed by atoms with van der Waals surface area (Å²) in [4.78, 5) is 5.52. The van der Waals surface area contributed by atoms with Gasteiger partial charge in [0.25, 0.3) is 0 Å². The van der Waals surface area contributed by atoms with E-state index in [0.29, 0.717) is 24.7 Å². The molecule has 0 aliphatic carbocycles. The number of ether oxygens (including phenoxy) is 1. The van der Waals surface area contributed by atoms with Gasteiger partial charge in [0.15, 0.2) is 11.5 Å². The largest absolute Gasteiger partial charge is 0.376 e. The predicted molar refractivity (Wildman–Crippen MR) is 68.6 cm³/mol. The van der Waals surface area contributed by atoms with E-state index in [1.807, 2.05) is 17.5 Å². The van der Waals surface area contributed by atoms with E-state index < -0.39 is 0 Å². The highest BCUT2D eigenvalue weighted by Crippen LogP contribution is 2.28. The Hall–Kier alpha value is -1.99. The van der Waals surface area contributed by atoms with Crippen molar-refractivity contribution < 1.29 is 9.26 Å². The Bertz CT molecular complexity index is 701. The van der Waals surface area contributed by atoms with Crippen LogP contribution in [0.25, 0.3) is 22.2 Å². The SMILES string of the molecule is c1csc(-c2nc(-c3noc4c3COCC4)n[nH]2)c1. The maximum atomic E-state index is 5.43. The van der Waals surface area contributed by atoms with Gasteiger partial charge in [0.05, 0.1) is 23.7 Å². The van der Waals surface area contributed by atoms with E-state index in [9.17, 15) is 0 Å². The van der Waals surface area contributed by atoms with Crippen LogP contribution in [0.2, 0.25) is 0 Å². The highest BCUT2D eigenvalue weighted by molar-refractivity contribution is 7.13. The third-order valence-electron chi connectivity index (χ3n) is 3.04. The second-order valence-corrected chi connectivity index (χ2v) is 5.17. The normalized spacial score (nSPS) is 14.5. The summed E-state index contributed by atoms with van der Waals surface area (Å²) in [5.41, 5.74) is 1.64. The van der Waals surface area contributed by atoms with Gasteiger partial charge in [-0.25, -0.2) is 4.98 Å². The summed E-state index contributed by atoms with van der Waals surface area (Å²) in [6.07, 6.45) is 0.755. The van der Waals surface area contributed by atoms with Crippen molar-refractivity contribution in [2.75, 3.05) is 6.61 Å². The number of aromatic amines is 1. The highest BCUT2D eigenvalue weighted by atomic mass is 32.1. The van der Waals surface area contributed by atoms with Crippen molar-refractivity contribution >= 4 is 11.3 Å². The molecule has 1 N–H and O–H groups in total. The van der Waals surface area contributed by atoms with Gasteiger partial charge in [-0.05, 0) is 11.4 Å². The predicted octanol–water partition coefficient (Wildman–Crippen LogP) is 2.26. The molecule has 3 aromatic heterocycles. The maximum Gasteiger partial charge on any atom is 0.204 e. The zero-order valence-electron chi connectivity index (χ0n) is 9.92. The summed E-state index contributed by atoms with van der Waals surface area (Å²) < 4.78 is 10.8. The average molecular weight is 274 g/mol. The number of rotatable bonds is 2.